The highest BCUT2D eigenvalue weighted by Crippen LogP contribution is 2.51. The zero-order chi connectivity index (χ0) is 112. The highest BCUT2D eigenvalue weighted by molar-refractivity contribution is 6.10. The molecule has 798 valence electrons. The minimum atomic E-state index is 0.160. The van der Waals surface area contributed by atoms with Crippen LogP contribution in [0.3, 0.4) is 0 Å². The number of anilines is 3. The maximum Gasteiger partial charge on any atom is 0.1000 e. The fourth-order valence-corrected chi connectivity index (χ4v) is 17.4. The molecule has 18 aromatic rings. The molecule has 21 rings (SSSR count). The van der Waals surface area contributed by atoms with E-state index in [1.54, 1.807) is 0 Å². The summed E-state index contributed by atoms with van der Waals surface area (Å²) >= 11 is 0. The highest BCUT2D eigenvalue weighted by Gasteiger charge is 2.37. The van der Waals surface area contributed by atoms with E-state index in [2.05, 4.69) is 473 Å². The Labute approximate surface area is 901 Å². The molecule has 3 aromatic heterocycles. The zero-order valence-electron chi connectivity index (χ0n) is 101. The molecule has 0 bridgehead atoms. The van der Waals surface area contributed by atoms with Gasteiger partial charge in [-0.25, -0.2) is 0 Å². The smallest absolute Gasteiger partial charge is 0.1000 e. The Morgan fingerprint density at radius 2 is 0.299 bits per heavy atom. The van der Waals surface area contributed by atoms with E-state index in [1.165, 1.54) is 149 Å². The highest BCUT2D eigenvalue weighted by atomic mass is 15.3. The molecule has 3 aliphatic carbocycles. The van der Waals surface area contributed by atoms with Crippen molar-refractivity contribution < 1.29 is 0 Å². The van der Waals surface area contributed by atoms with Gasteiger partial charge < -0.3 is 23.5 Å². The van der Waals surface area contributed by atoms with Gasteiger partial charge in [-0.1, -0.05) is 600 Å². The molecule has 6 heteroatoms. The molecule has 0 amide bonds. The predicted octanol–water partition coefficient (Wildman–Crippen LogP) is 45.2. The molecule has 147 heavy (non-hydrogen) atoms. The van der Waals surface area contributed by atoms with Crippen LogP contribution in [0.2, 0.25) is 0 Å². The minimum absolute atomic E-state index is 0.160. The van der Waals surface area contributed by atoms with Crippen molar-refractivity contribution in [3.63, 3.8) is 0 Å². The molecular formula is C141H204N6. The van der Waals surface area contributed by atoms with Gasteiger partial charge in [0.05, 0.1) is 53.1 Å². The molecular weight excluding hydrogens is 1780 g/mol. The van der Waals surface area contributed by atoms with Crippen molar-refractivity contribution in [1.82, 2.24) is 18.6 Å². The zero-order valence-corrected chi connectivity index (χ0v) is 101. The molecule has 0 fully saturated rings. The molecule has 0 spiro atoms. The molecule has 0 unspecified atom stereocenters. The maximum absolute atomic E-state index is 2.41. The van der Waals surface area contributed by atoms with E-state index in [0.717, 1.165) is 20.0 Å². The fourth-order valence-electron chi connectivity index (χ4n) is 17.4. The first kappa shape index (κ1) is 138. The van der Waals surface area contributed by atoms with E-state index in [1.807, 2.05) is 249 Å². The fraction of sp³-hybridized carbons (Fsp3) is 0.362. The molecule has 3 aliphatic rings. The van der Waals surface area contributed by atoms with Crippen LogP contribution < -0.4 is 9.80 Å². The van der Waals surface area contributed by atoms with Crippen LogP contribution in [0.25, 0.3) is 98.8 Å². The third kappa shape index (κ3) is 36.4. The third-order valence-electron chi connectivity index (χ3n) is 22.9. The van der Waals surface area contributed by atoms with Gasteiger partial charge in [0, 0.05) is 72.7 Å². The van der Waals surface area contributed by atoms with Crippen molar-refractivity contribution in [2.24, 2.45) is 0 Å². The number of hydrogen-bond donors (Lipinski definition) is 0. The van der Waals surface area contributed by atoms with Crippen LogP contribution in [0.15, 0.2) is 382 Å². The lowest BCUT2D eigenvalue weighted by Crippen LogP contribution is -2.20. The summed E-state index contributed by atoms with van der Waals surface area (Å²) in [6.07, 6.45) is 0. The van der Waals surface area contributed by atoms with Gasteiger partial charge in [-0.15, -0.1) is 0 Å². The van der Waals surface area contributed by atoms with Crippen molar-refractivity contribution in [1.29, 1.82) is 0 Å². The second kappa shape index (κ2) is 80.4. The molecule has 15 aromatic carbocycles. The van der Waals surface area contributed by atoms with Gasteiger partial charge in [-0.05, 0) is 154 Å². The second-order valence-corrected chi connectivity index (χ2v) is 31.2. The van der Waals surface area contributed by atoms with Crippen molar-refractivity contribution in [3.8, 4) is 33.4 Å². The first-order valence-corrected chi connectivity index (χ1v) is 56.9. The molecule has 0 N–H and O–H groups in total. The van der Waals surface area contributed by atoms with E-state index in [0.29, 0.717) is 0 Å². The summed E-state index contributed by atoms with van der Waals surface area (Å²) in [6.45, 7) is 88.3. The average Bonchev–Trinajstić information content (AvgIpc) is 1.58. The lowest BCUT2D eigenvalue weighted by atomic mass is 9.82. The van der Waals surface area contributed by atoms with Gasteiger partial charge in [0.1, 0.15) is 0 Å². The van der Waals surface area contributed by atoms with Gasteiger partial charge >= 0.3 is 0 Å². The van der Waals surface area contributed by atoms with Crippen molar-refractivity contribution in [2.75, 3.05) is 30.9 Å². The topological polar surface area (TPSA) is 24.5 Å². The van der Waals surface area contributed by atoms with Crippen LogP contribution >= 0.6 is 0 Å². The number of hydrogen-bond acceptors (Lipinski definition) is 3. The molecule has 0 atom stereocenters. The van der Waals surface area contributed by atoms with Gasteiger partial charge in [-0.3, -0.25) is 4.90 Å². The summed E-state index contributed by atoms with van der Waals surface area (Å²) < 4.78 is 7.16. The van der Waals surface area contributed by atoms with Crippen molar-refractivity contribution in [2.45, 2.75) is 327 Å². The third-order valence-corrected chi connectivity index (χ3v) is 22.9. The monoisotopic (exact) mass is 1980 g/mol. The Morgan fingerprint density at radius 3 is 0.483 bits per heavy atom. The Balaban J connectivity index is -0.00000161. The second-order valence-electron chi connectivity index (χ2n) is 31.2. The molecule has 0 saturated carbocycles. The number of rotatable bonds is 9. The predicted molar refractivity (Wildman–Crippen MR) is 678 cm³/mol. The minimum Gasteiger partial charge on any atom is -0.357 e. The van der Waals surface area contributed by atoms with Crippen LogP contribution in [0.4, 0.5) is 17.1 Å². The summed E-state index contributed by atoms with van der Waals surface area (Å²) in [6, 6.07) is 136. The van der Waals surface area contributed by atoms with Crippen LogP contribution in [0, 0.1) is 0 Å². The van der Waals surface area contributed by atoms with E-state index in [9.17, 15) is 0 Å². The molecule has 0 aliphatic heterocycles. The van der Waals surface area contributed by atoms with Gasteiger partial charge in [0.25, 0.3) is 0 Å². The molecule has 3 heterocycles. The van der Waals surface area contributed by atoms with Gasteiger partial charge in [0.15, 0.2) is 0 Å². The van der Waals surface area contributed by atoms with E-state index < -0.39 is 0 Å². The van der Waals surface area contributed by atoms with E-state index >= 15 is 0 Å². The molecule has 0 radical (unpaired) electrons. The summed E-state index contributed by atoms with van der Waals surface area (Å²) in [7, 11) is 6.34. The van der Waals surface area contributed by atoms with Crippen LogP contribution in [-0.4, -0.2) is 39.7 Å². The summed E-state index contributed by atoms with van der Waals surface area (Å²) in [5, 5.41) is 7.91. The number of fused-ring (bicyclic) bond motifs is 18. The normalized spacial score (nSPS) is 10.7. The maximum atomic E-state index is 2.41. The Hall–Kier alpha value is -12.7. The standard InChI is InChI=1S/C25H20N2.C20H18N2.C15H16N2.3C15H14.18C2H6/c1-3-11-20(12-4-1)26(21-13-5-2-6-14-21)19-27-24-17-9-7-15-22(24)23-16-8-10-18-25(23)27;1-21(16-9-3-2-4-10-16)15-22-19-13-7-5-11-17(19)18-12-6-8-14-20(18)22;1-16(2)11-17-14-9-5-3-7-12(14)13-8-4-6-10-15(13)17;3*1-15(2)13-9-5-3-7-11(13)12-8-4-6-10-14(12)15;18*1-2/h1-18H,19H2;2-14H,15H2,1H3;3-10H,11H2,1-2H3;3*3-10H,1-2H3;18*1-2H3. The SMILES string of the molecule is CC.CC.CC.CC.CC.CC.CC.CC.CC.CC.CC.CC.CC.CC.CC.CC.CC.CC.CC1(C)c2ccccc2-c2ccccc21.CC1(C)c2ccccc2-c2ccccc21.CC1(C)c2ccccc2-c2ccccc21.CN(C)Cn1c2ccccc2c2ccccc21.CN(Cn1c2ccccc2c2ccccc21)c1ccccc1.c1ccc(N(Cn2c3ccccc3c3ccccc32)c2ccccc2)cc1. The lowest BCUT2D eigenvalue weighted by Gasteiger charge is -2.26. The molecule has 0 saturated heterocycles. The quantitative estimate of drug-likeness (QED) is 0.144. The van der Waals surface area contributed by atoms with Crippen LogP contribution in [-0.2, 0) is 36.3 Å². The Kier molecular flexibility index (Phi) is 75.7. The first-order valence-electron chi connectivity index (χ1n) is 56.9. The number of para-hydroxylation sites is 9. The Morgan fingerprint density at radius 1 is 0.156 bits per heavy atom. The van der Waals surface area contributed by atoms with Gasteiger partial charge in [-0.2, -0.15) is 0 Å². The van der Waals surface area contributed by atoms with E-state index in [-0.39, 0.29) is 16.2 Å². The van der Waals surface area contributed by atoms with Crippen LogP contribution in [0.5, 0.6) is 0 Å². The van der Waals surface area contributed by atoms with E-state index in [4.69, 9.17) is 0 Å². The van der Waals surface area contributed by atoms with Crippen molar-refractivity contribution >= 4 is 82.5 Å². The summed E-state index contributed by atoms with van der Waals surface area (Å²) in [5.74, 6) is 0. The lowest BCUT2D eigenvalue weighted by molar-refractivity contribution is 0.338. The van der Waals surface area contributed by atoms with Crippen molar-refractivity contribution in [3.05, 3.63) is 416 Å². The summed E-state index contributed by atoms with van der Waals surface area (Å²) in [4.78, 5) is 6.83. The first-order chi connectivity index (χ1) is 72.2. The number of benzene rings is 15. The largest absolute Gasteiger partial charge is 0.357 e. The Bertz CT molecular complexity index is 5720. The number of aromatic nitrogens is 3. The van der Waals surface area contributed by atoms with Crippen LogP contribution in [0.1, 0.15) is 324 Å². The average molecular weight is 1980 g/mol. The summed E-state index contributed by atoms with van der Waals surface area (Å²) in [5.41, 5.74) is 28.9. The molecule has 6 nitrogen and oxygen atoms in total. The van der Waals surface area contributed by atoms with Gasteiger partial charge in [0.2, 0.25) is 0 Å². The number of nitrogens with zero attached hydrogens (tertiary/aromatic N) is 6.